The molecule has 0 aromatic carbocycles. The van der Waals surface area contributed by atoms with Gasteiger partial charge < -0.3 is 20.0 Å². The van der Waals surface area contributed by atoms with Gasteiger partial charge in [0.05, 0.1) is 12.3 Å². The second-order valence-corrected chi connectivity index (χ2v) is 8.00. The van der Waals surface area contributed by atoms with Gasteiger partial charge in [0, 0.05) is 19.1 Å². The fourth-order valence-corrected chi connectivity index (χ4v) is 4.33. The van der Waals surface area contributed by atoms with Crippen molar-refractivity contribution in [1.82, 2.24) is 20.4 Å². The SMILES string of the molecule is CC1CCCCN1CCCCNC(=O)NCC(c1ccco1)N1CCCC1. The Morgan fingerprint density at radius 2 is 2.00 bits per heavy atom. The fourth-order valence-electron chi connectivity index (χ4n) is 4.33. The summed E-state index contributed by atoms with van der Waals surface area (Å²) in [5.41, 5.74) is 0. The van der Waals surface area contributed by atoms with Gasteiger partial charge in [-0.3, -0.25) is 4.90 Å². The highest BCUT2D eigenvalue weighted by atomic mass is 16.3. The molecule has 1 aromatic rings. The van der Waals surface area contributed by atoms with Crippen molar-refractivity contribution in [3.05, 3.63) is 24.2 Å². The molecule has 2 aliphatic rings. The molecule has 152 valence electrons. The van der Waals surface area contributed by atoms with Gasteiger partial charge in [0.2, 0.25) is 0 Å². The second-order valence-electron chi connectivity index (χ2n) is 8.00. The summed E-state index contributed by atoms with van der Waals surface area (Å²) in [5, 5.41) is 6.04. The van der Waals surface area contributed by atoms with Crippen LogP contribution in [-0.2, 0) is 0 Å². The number of unbranched alkanes of at least 4 members (excludes halogenated alkanes) is 1. The van der Waals surface area contributed by atoms with Gasteiger partial charge in [0.25, 0.3) is 0 Å². The van der Waals surface area contributed by atoms with E-state index >= 15 is 0 Å². The summed E-state index contributed by atoms with van der Waals surface area (Å²) >= 11 is 0. The van der Waals surface area contributed by atoms with E-state index in [1.54, 1.807) is 6.26 Å². The number of urea groups is 1. The minimum Gasteiger partial charge on any atom is -0.468 e. The Morgan fingerprint density at radius 1 is 1.19 bits per heavy atom. The normalized spacial score (nSPS) is 22.6. The lowest BCUT2D eigenvalue weighted by molar-refractivity contribution is 0.158. The van der Waals surface area contributed by atoms with Crippen LogP contribution in [0.25, 0.3) is 0 Å². The first-order valence-electron chi connectivity index (χ1n) is 10.8. The largest absolute Gasteiger partial charge is 0.468 e. The molecular weight excluding hydrogens is 340 g/mol. The molecule has 2 fully saturated rings. The third kappa shape index (κ3) is 6.25. The van der Waals surface area contributed by atoms with E-state index < -0.39 is 0 Å². The van der Waals surface area contributed by atoms with E-state index in [1.807, 2.05) is 12.1 Å². The molecule has 0 saturated carbocycles. The second kappa shape index (κ2) is 10.7. The zero-order chi connectivity index (χ0) is 18.9. The van der Waals surface area contributed by atoms with Gasteiger partial charge in [-0.2, -0.15) is 0 Å². The molecule has 6 nitrogen and oxygen atoms in total. The smallest absolute Gasteiger partial charge is 0.314 e. The molecule has 2 N–H and O–H groups in total. The monoisotopic (exact) mass is 376 g/mol. The quantitative estimate of drug-likeness (QED) is 0.649. The average molecular weight is 377 g/mol. The molecule has 27 heavy (non-hydrogen) atoms. The summed E-state index contributed by atoms with van der Waals surface area (Å²) in [4.78, 5) is 17.2. The number of likely N-dealkylation sites (tertiary alicyclic amines) is 2. The van der Waals surface area contributed by atoms with E-state index in [0.717, 1.165) is 50.8 Å². The number of nitrogens with one attached hydrogen (secondary N) is 2. The van der Waals surface area contributed by atoms with Crippen LogP contribution in [0.4, 0.5) is 4.79 Å². The molecule has 0 radical (unpaired) electrons. The summed E-state index contributed by atoms with van der Waals surface area (Å²) in [7, 11) is 0. The molecule has 2 unspecified atom stereocenters. The fraction of sp³-hybridized carbons (Fsp3) is 0.762. The van der Waals surface area contributed by atoms with E-state index in [0.29, 0.717) is 6.54 Å². The molecular formula is C21H36N4O2. The maximum atomic E-state index is 12.2. The number of piperidine rings is 1. The van der Waals surface area contributed by atoms with Crippen molar-refractivity contribution in [3.63, 3.8) is 0 Å². The number of rotatable bonds is 9. The van der Waals surface area contributed by atoms with Crippen molar-refractivity contribution in [3.8, 4) is 0 Å². The van der Waals surface area contributed by atoms with Crippen molar-refractivity contribution in [1.29, 1.82) is 0 Å². The Kier molecular flexibility index (Phi) is 8.02. The predicted molar refractivity (Wildman–Crippen MR) is 108 cm³/mol. The molecule has 2 saturated heterocycles. The van der Waals surface area contributed by atoms with Crippen molar-refractivity contribution >= 4 is 6.03 Å². The van der Waals surface area contributed by atoms with Gasteiger partial charge in [-0.05, 0) is 83.8 Å². The molecule has 0 bridgehead atoms. The minimum atomic E-state index is -0.0721. The van der Waals surface area contributed by atoms with E-state index in [9.17, 15) is 4.79 Å². The topological polar surface area (TPSA) is 60.8 Å². The van der Waals surface area contributed by atoms with E-state index in [4.69, 9.17) is 4.42 Å². The third-order valence-corrected chi connectivity index (χ3v) is 6.01. The maximum absolute atomic E-state index is 12.2. The third-order valence-electron chi connectivity index (χ3n) is 6.01. The first-order chi connectivity index (χ1) is 13.2. The van der Waals surface area contributed by atoms with Crippen LogP contribution >= 0.6 is 0 Å². The first-order valence-corrected chi connectivity index (χ1v) is 10.8. The molecule has 0 aliphatic carbocycles. The number of hydrogen-bond acceptors (Lipinski definition) is 4. The van der Waals surface area contributed by atoms with Crippen molar-refractivity contribution in [2.45, 2.75) is 64.0 Å². The molecule has 2 atom stereocenters. The Hall–Kier alpha value is -1.53. The zero-order valence-electron chi connectivity index (χ0n) is 16.8. The summed E-state index contributed by atoms with van der Waals surface area (Å²) in [5.74, 6) is 0.938. The van der Waals surface area contributed by atoms with Gasteiger partial charge in [0.1, 0.15) is 5.76 Å². The van der Waals surface area contributed by atoms with Crippen molar-refractivity contribution in [2.24, 2.45) is 0 Å². The molecule has 3 rings (SSSR count). The number of furan rings is 1. The zero-order valence-corrected chi connectivity index (χ0v) is 16.8. The highest BCUT2D eigenvalue weighted by molar-refractivity contribution is 5.73. The van der Waals surface area contributed by atoms with Crippen LogP contribution in [0.1, 0.15) is 63.7 Å². The number of carbonyl (C=O) groups is 1. The molecule has 2 amide bonds. The van der Waals surface area contributed by atoms with E-state index in [-0.39, 0.29) is 12.1 Å². The Balaban J connectivity index is 1.31. The van der Waals surface area contributed by atoms with Gasteiger partial charge in [-0.1, -0.05) is 6.42 Å². The maximum Gasteiger partial charge on any atom is 0.314 e. The van der Waals surface area contributed by atoms with Crippen LogP contribution in [0, 0.1) is 0 Å². The molecule has 2 aliphatic heterocycles. The Labute approximate surface area is 163 Å². The lowest BCUT2D eigenvalue weighted by Crippen LogP contribution is -2.42. The molecule has 3 heterocycles. The minimum absolute atomic E-state index is 0.0721. The molecule has 6 heteroatoms. The number of carbonyl (C=O) groups excluding carboxylic acids is 1. The van der Waals surface area contributed by atoms with Crippen molar-refractivity contribution < 1.29 is 9.21 Å². The first kappa shape index (κ1) is 20.2. The summed E-state index contributed by atoms with van der Waals surface area (Å²) < 4.78 is 5.60. The predicted octanol–water partition coefficient (Wildman–Crippen LogP) is 3.37. The van der Waals surface area contributed by atoms with Crippen molar-refractivity contribution in [2.75, 3.05) is 39.3 Å². The van der Waals surface area contributed by atoms with Gasteiger partial charge in [-0.25, -0.2) is 4.79 Å². The average Bonchev–Trinajstić information content (AvgIpc) is 3.37. The number of hydrogen-bond donors (Lipinski definition) is 2. The summed E-state index contributed by atoms with van der Waals surface area (Å²) in [6, 6.07) is 4.70. The van der Waals surface area contributed by atoms with Gasteiger partial charge >= 0.3 is 6.03 Å². The van der Waals surface area contributed by atoms with Crippen LogP contribution < -0.4 is 10.6 Å². The highest BCUT2D eigenvalue weighted by Crippen LogP contribution is 2.24. The summed E-state index contributed by atoms with van der Waals surface area (Å²) in [6.07, 6.45) is 10.4. The molecule has 0 spiro atoms. The van der Waals surface area contributed by atoms with Crippen LogP contribution in [0.15, 0.2) is 22.8 Å². The Bertz CT molecular complexity index is 542. The van der Waals surface area contributed by atoms with Crippen LogP contribution in [0.5, 0.6) is 0 Å². The summed E-state index contributed by atoms with van der Waals surface area (Å²) in [6.45, 7) is 8.20. The van der Waals surface area contributed by atoms with Crippen LogP contribution in [0.3, 0.4) is 0 Å². The molecule has 1 aromatic heterocycles. The van der Waals surface area contributed by atoms with Crippen LogP contribution in [0.2, 0.25) is 0 Å². The number of amides is 2. The standard InChI is InChI=1S/C21H36N4O2/c1-18-9-2-4-12-24(18)13-5-3-11-22-21(26)23-17-19(20-10-8-16-27-20)25-14-6-7-15-25/h8,10,16,18-19H,2-7,9,11-15,17H2,1H3,(H2,22,23,26). The van der Waals surface area contributed by atoms with Gasteiger partial charge in [0.15, 0.2) is 0 Å². The van der Waals surface area contributed by atoms with Crippen LogP contribution in [-0.4, -0.2) is 61.1 Å². The highest BCUT2D eigenvalue weighted by Gasteiger charge is 2.25. The lowest BCUT2D eigenvalue weighted by atomic mass is 10.0. The Morgan fingerprint density at radius 3 is 2.74 bits per heavy atom. The van der Waals surface area contributed by atoms with E-state index in [1.165, 1.54) is 38.6 Å². The van der Waals surface area contributed by atoms with E-state index in [2.05, 4.69) is 27.4 Å². The number of nitrogens with zero attached hydrogens (tertiary/aromatic N) is 2. The van der Waals surface area contributed by atoms with Gasteiger partial charge in [-0.15, -0.1) is 0 Å². The lowest BCUT2D eigenvalue weighted by Gasteiger charge is -2.33.